The molecule has 0 aromatic heterocycles. The van der Waals surface area contributed by atoms with Gasteiger partial charge in [-0.2, -0.15) is 26.3 Å². The molecule has 0 bridgehead atoms. The molecule has 0 fully saturated rings. The van der Waals surface area contributed by atoms with Crippen molar-refractivity contribution in [3.05, 3.63) is 139 Å². The minimum atomic E-state index is -5.03. The number of hydrogen-bond donors (Lipinski definition) is 0. The van der Waals surface area contributed by atoms with Gasteiger partial charge in [-0.25, -0.2) is 0 Å². The maximum atomic E-state index is 13.5. The zero-order valence-electron chi connectivity index (χ0n) is 29.0. The molecule has 0 aliphatic carbocycles. The van der Waals surface area contributed by atoms with Crippen molar-refractivity contribution < 1.29 is 95.6 Å². The van der Waals surface area contributed by atoms with E-state index in [9.17, 15) is 67.0 Å². The van der Waals surface area contributed by atoms with E-state index in [-0.39, 0.29) is 72.8 Å². The minimum Gasteiger partial charge on any atom is -0.872 e. The number of benzene rings is 5. The monoisotopic (exact) mass is 904 g/mol. The Morgan fingerprint density at radius 2 is 0.707 bits per heavy atom. The first-order valence-electron chi connectivity index (χ1n) is 15.3. The van der Waals surface area contributed by atoms with E-state index in [0.29, 0.717) is 12.1 Å². The van der Waals surface area contributed by atoms with Crippen LogP contribution in [0.5, 0.6) is 23.0 Å². The standard InChI is InChI=1S/C36H22F6N6O8.2Zn/c37-35(38,39)23-9-1-5-19(31(23)49)15-43-25-13-26(44-16-20-6-2-10-24(32(20)50)36(40,41)42)28(46-18-22-8-4-12-30(34(22)52)48(55)56)14-27(25)45-17-21-7-3-11-29(33(21)51)47(53)54;;/h1-18,49-52H;;/q;2*+2/p-4. The van der Waals surface area contributed by atoms with Gasteiger partial charge in [0.05, 0.1) is 32.6 Å². The van der Waals surface area contributed by atoms with Crippen LogP contribution in [0.3, 0.4) is 0 Å². The van der Waals surface area contributed by atoms with Gasteiger partial charge in [0.2, 0.25) is 0 Å². The molecule has 0 spiro atoms. The minimum absolute atomic E-state index is 0. The van der Waals surface area contributed by atoms with Crippen molar-refractivity contribution in [3.63, 3.8) is 0 Å². The van der Waals surface area contributed by atoms with Crippen LogP contribution in [0, 0.1) is 20.2 Å². The van der Waals surface area contributed by atoms with E-state index < -0.39 is 78.8 Å². The third-order valence-electron chi connectivity index (χ3n) is 7.59. The second kappa shape index (κ2) is 18.7. The van der Waals surface area contributed by atoms with Crippen molar-refractivity contribution in [2.75, 3.05) is 0 Å². The van der Waals surface area contributed by atoms with Crippen LogP contribution < -0.4 is 20.4 Å². The maximum Gasteiger partial charge on any atom is 2.00 e. The molecular formula is C36H18F6N6O8Zn2. The Morgan fingerprint density at radius 3 is 0.966 bits per heavy atom. The normalized spacial score (nSPS) is 12.0. The van der Waals surface area contributed by atoms with E-state index in [1.54, 1.807) is 0 Å². The molecule has 286 valence electrons. The van der Waals surface area contributed by atoms with Gasteiger partial charge in [-0.05, 0) is 45.9 Å². The van der Waals surface area contributed by atoms with Gasteiger partial charge in [-0.15, -0.1) is 0 Å². The zero-order chi connectivity index (χ0) is 40.9. The maximum absolute atomic E-state index is 13.5. The van der Waals surface area contributed by atoms with Gasteiger partial charge in [0.25, 0.3) is 11.4 Å². The quantitative estimate of drug-likeness (QED) is 0.0473. The summed E-state index contributed by atoms with van der Waals surface area (Å²) >= 11 is 0. The Bertz CT molecular complexity index is 2330. The molecule has 0 atom stereocenters. The van der Waals surface area contributed by atoms with E-state index in [1.807, 2.05) is 0 Å². The zero-order valence-corrected chi connectivity index (χ0v) is 35.0. The van der Waals surface area contributed by atoms with Gasteiger partial charge >= 0.3 is 51.3 Å². The van der Waals surface area contributed by atoms with Crippen LogP contribution in [-0.2, 0) is 51.3 Å². The van der Waals surface area contributed by atoms with E-state index >= 15 is 0 Å². The molecule has 0 aliphatic heterocycles. The van der Waals surface area contributed by atoms with Gasteiger partial charge in [0.1, 0.15) is 0 Å². The van der Waals surface area contributed by atoms with E-state index in [1.165, 1.54) is 24.3 Å². The molecule has 0 aliphatic rings. The SMILES string of the molecule is O=[N+]([O-])c1cccc(C=Nc2cc(N=Cc3cccc([N+](=O)[O-])c3[O-])c(N=Cc3cccc(C(F)(F)F)c3[O-])cc2N=Cc2cccc(C(F)(F)F)c2[O-])c1[O-].[Zn+2].[Zn+2]. The van der Waals surface area contributed by atoms with Crippen molar-refractivity contribution >= 4 is 59.0 Å². The fourth-order valence-corrected chi connectivity index (χ4v) is 4.86. The molecule has 58 heavy (non-hydrogen) atoms. The number of hydrogen-bond acceptors (Lipinski definition) is 12. The van der Waals surface area contributed by atoms with Gasteiger partial charge < -0.3 is 20.4 Å². The molecule has 0 radical (unpaired) electrons. The van der Waals surface area contributed by atoms with Crippen LogP contribution in [0.4, 0.5) is 60.5 Å². The van der Waals surface area contributed by atoms with Crippen LogP contribution in [-0.4, -0.2) is 34.7 Å². The Morgan fingerprint density at radius 1 is 0.448 bits per heavy atom. The number of halogens is 6. The van der Waals surface area contributed by atoms with Crippen molar-refractivity contribution in [2.45, 2.75) is 12.4 Å². The summed E-state index contributed by atoms with van der Waals surface area (Å²) < 4.78 is 80.7. The number of aliphatic imine (C=N–C) groups is 4. The Balaban J connectivity index is 0.00000450. The van der Waals surface area contributed by atoms with Crippen LogP contribution in [0.25, 0.3) is 0 Å². The second-order valence-electron chi connectivity index (χ2n) is 11.2. The van der Waals surface area contributed by atoms with Crippen molar-refractivity contribution in [3.8, 4) is 23.0 Å². The molecule has 22 heteroatoms. The number of rotatable bonds is 10. The summed E-state index contributed by atoms with van der Waals surface area (Å²) in [4.78, 5) is 37.2. The molecule has 5 aromatic rings. The van der Waals surface area contributed by atoms with Crippen LogP contribution in [0.1, 0.15) is 33.4 Å². The fourth-order valence-electron chi connectivity index (χ4n) is 4.86. The van der Waals surface area contributed by atoms with Crippen molar-refractivity contribution in [1.29, 1.82) is 0 Å². The summed E-state index contributed by atoms with van der Waals surface area (Å²) in [5, 5.41) is 73.3. The molecule has 14 nitrogen and oxygen atoms in total. The molecular weight excluding hydrogens is 889 g/mol. The summed E-state index contributed by atoms with van der Waals surface area (Å²) in [6.45, 7) is 0. The topological polar surface area (TPSA) is 228 Å². The summed E-state index contributed by atoms with van der Waals surface area (Å²) in [6.07, 6.45) is -6.87. The number of nitro groups is 2. The summed E-state index contributed by atoms with van der Waals surface area (Å²) in [5.74, 6) is -5.04. The molecule has 5 aromatic carbocycles. The number of para-hydroxylation sites is 4. The van der Waals surface area contributed by atoms with Gasteiger partial charge in [0.15, 0.2) is 0 Å². The van der Waals surface area contributed by atoms with Crippen molar-refractivity contribution in [2.24, 2.45) is 20.0 Å². The smallest absolute Gasteiger partial charge is 0.872 e. The predicted octanol–water partition coefficient (Wildman–Crippen LogP) is 6.83. The third kappa shape index (κ3) is 10.5. The number of alkyl halides is 6. The Hall–Kier alpha value is -6.39. The number of nitro benzene ring substituents is 2. The Kier molecular flexibility index (Phi) is 14.8. The molecule has 0 saturated carbocycles. The van der Waals surface area contributed by atoms with E-state index in [4.69, 9.17) is 0 Å². The number of nitrogens with zero attached hydrogens (tertiary/aromatic N) is 6. The third-order valence-corrected chi connectivity index (χ3v) is 7.59. The van der Waals surface area contributed by atoms with Gasteiger partial charge in [-0.1, -0.05) is 72.2 Å². The van der Waals surface area contributed by atoms with E-state index in [0.717, 1.165) is 73.4 Å². The molecule has 0 unspecified atom stereocenters. The molecule has 0 N–H and O–H groups in total. The van der Waals surface area contributed by atoms with Crippen LogP contribution in [0.15, 0.2) is 105 Å². The molecule has 0 heterocycles. The second-order valence-corrected chi connectivity index (χ2v) is 11.2. The summed E-state index contributed by atoms with van der Waals surface area (Å²) in [6, 6.07) is 13.6. The Labute approximate surface area is 347 Å². The van der Waals surface area contributed by atoms with Crippen LogP contribution >= 0.6 is 0 Å². The molecule has 0 amide bonds. The molecule has 0 saturated heterocycles. The molecule has 5 rings (SSSR count). The van der Waals surface area contributed by atoms with Gasteiger partial charge in [0, 0.05) is 48.1 Å². The van der Waals surface area contributed by atoms with Gasteiger partial charge in [-0.3, -0.25) is 40.2 Å². The fraction of sp³-hybridized carbons (Fsp3) is 0.0556. The first-order chi connectivity index (χ1) is 26.4. The summed E-state index contributed by atoms with van der Waals surface area (Å²) in [7, 11) is 0. The van der Waals surface area contributed by atoms with Crippen LogP contribution in [0.2, 0.25) is 0 Å². The first-order valence-corrected chi connectivity index (χ1v) is 15.3. The summed E-state index contributed by atoms with van der Waals surface area (Å²) in [5.41, 5.74) is -7.70. The largest absolute Gasteiger partial charge is 2.00 e. The average molecular weight is 907 g/mol. The average Bonchev–Trinajstić information content (AvgIpc) is 3.12. The van der Waals surface area contributed by atoms with E-state index in [2.05, 4.69) is 20.0 Å². The predicted molar refractivity (Wildman–Crippen MR) is 182 cm³/mol. The van der Waals surface area contributed by atoms with Crippen molar-refractivity contribution in [1.82, 2.24) is 0 Å². The first kappa shape index (κ1) is 46.0.